The number of benzene rings is 1. The van der Waals surface area contributed by atoms with Gasteiger partial charge in [0.05, 0.1) is 17.8 Å². The van der Waals surface area contributed by atoms with Crippen LogP contribution in [0.5, 0.6) is 5.75 Å². The highest BCUT2D eigenvalue weighted by Crippen LogP contribution is 2.42. The summed E-state index contributed by atoms with van der Waals surface area (Å²) >= 11 is 8.04. The van der Waals surface area contributed by atoms with Gasteiger partial charge in [-0.2, -0.15) is 0 Å². The average Bonchev–Trinajstić information content (AvgIpc) is 3.09. The molecule has 1 aromatic carbocycles. The molecule has 0 saturated carbocycles. The second kappa shape index (κ2) is 7.59. The van der Waals surface area contributed by atoms with Crippen LogP contribution < -0.4 is 10.5 Å². The lowest BCUT2D eigenvalue weighted by Gasteiger charge is -2.40. The van der Waals surface area contributed by atoms with E-state index in [1.807, 2.05) is 18.2 Å². The molecule has 1 fully saturated rings. The van der Waals surface area contributed by atoms with E-state index in [0.29, 0.717) is 23.8 Å². The number of carbonyl (C=O) groups excluding carboxylic acids is 1. The molecule has 0 spiro atoms. The fourth-order valence-corrected chi connectivity index (χ4v) is 4.64. The number of halogens is 1. The summed E-state index contributed by atoms with van der Waals surface area (Å²) in [7, 11) is 1.77. The predicted octanol–water partition coefficient (Wildman–Crippen LogP) is 4.65. The molecule has 4 nitrogen and oxygen atoms in total. The Labute approximate surface area is 163 Å². The molecule has 2 heterocycles. The highest BCUT2D eigenvalue weighted by molar-refractivity contribution is 7.10. The van der Waals surface area contributed by atoms with Crippen molar-refractivity contribution in [1.29, 1.82) is 0 Å². The first-order chi connectivity index (χ1) is 12.3. The number of carbonyl (C=O) groups is 1. The van der Waals surface area contributed by atoms with E-state index in [4.69, 9.17) is 22.1 Å². The molecule has 0 bridgehead atoms. The van der Waals surface area contributed by atoms with Gasteiger partial charge in [-0.1, -0.05) is 31.5 Å². The number of rotatable bonds is 5. The third kappa shape index (κ3) is 3.75. The quantitative estimate of drug-likeness (QED) is 0.805. The van der Waals surface area contributed by atoms with Crippen molar-refractivity contribution in [3.05, 3.63) is 39.5 Å². The molecule has 1 aromatic heterocycles. The van der Waals surface area contributed by atoms with Crippen molar-refractivity contribution in [3.63, 3.8) is 0 Å². The zero-order chi connectivity index (χ0) is 18.9. The lowest BCUT2D eigenvalue weighted by atomic mass is 9.77. The molecule has 2 atom stereocenters. The molecule has 3 rings (SSSR count). The Morgan fingerprint density at radius 2 is 2.15 bits per heavy atom. The van der Waals surface area contributed by atoms with Crippen molar-refractivity contribution in [2.75, 3.05) is 13.7 Å². The maximum atomic E-state index is 12.3. The van der Waals surface area contributed by atoms with Crippen LogP contribution >= 0.6 is 22.9 Å². The number of likely N-dealkylation sites (tertiary alicyclic amines) is 1. The molecule has 1 saturated heterocycles. The number of nitrogens with zero attached hydrogens (tertiary/aromatic N) is 1. The second-order valence-corrected chi connectivity index (χ2v) is 8.53. The van der Waals surface area contributed by atoms with E-state index in [1.54, 1.807) is 23.3 Å². The van der Waals surface area contributed by atoms with Gasteiger partial charge in [0.2, 0.25) is 5.91 Å². The van der Waals surface area contributed by atoms with Crippen LogP contribution in [0.15, 0.2) is 29.6 Å². The molecule has 0 aliphatic carbocycles. The summed E-state index contributed by atoms with van der Waals surface area (Å²) in [6, 6.07) is 8.04. The minimum absolute atomic E-state index is 0.0988. The van der Waals surface area contributed by atoms with Gasteiger partial charge in [-0.15, -0.1) is 11.3 Å². The maximum Gasteiger partial charge on any atom is 0.224 e. The fourth-order valence-electron chi connectivity index (χ4n) is 3.32. The summed E-state index contributed by atoms with van der Waals surface area (Å²) in [6.45, 7) is 4.85. The number of nitrogens with two attached hydrogens (primary N) is 1. The molecule has 1 aliphatic heterocycles. The average molecular weight is 393 g/mol. The van der Waals surface area contributed by atoms with E-state index in [-0.39, 0.29) is 17.5 Å². The molecule has 1 unspecified atom stereocenters. The summed E-state index contributed by atoms with van der Waals surface area (Å²) in [6.07, 6.45) is 1.96. The van der Waals surface area contributed by atoms with Gasteiger partial charge in [0.1, 0.15) is 5.75 Å². The molecule has 6 heteroatoms. The lowest BCUT2D eigenvalue weighted by molar-refractivity contribution is -0.137. The van der Waals surface area contributed by atoms with Crippen molar-refractivity contribution in [2.45, 2.75) is 44.7 Å². The van der Waals surface area contributed by atoms with E-state index < -0.39 is 0 Å². The molecular formula is C20H25ClN2O2S. The van der Waals surface area contributed by atoms with Crippen molar-refractivity contribution in [3.8, 4) is 16.9 Å². The Kier molecular flexibility index (Phi) is 5.61. The minimum Gasteiger partial charge on any atom is -0.492 e. The van der Waals surface area contributed by atoms with Crippen LogP contribution in [0.2, 0.25) is 5.02 Å². The van der Waals surface area contributed by atoms with Crippen LogP contribution in [0.25, 0.3) is 11.1 Å². The van der Waals surface area contributed by atoms with Gasteiger partial charge in [0.25, 0.3) is 0 Å². The van der Waals surface area contributed by atoms with Gasteiger partial charge in [-0.05, 0) is 47.5 Å². The van der Waals surface area contributed by atoms with Crippen molar-refractivity contribution in [1.82, 2.24) is 4.90 Å². The first-order valence-electron chi connectivity index (χ1n) is 8.87. The van der Waals surface area contributed by atoms with Crippen LogP contribution in [0, 0.1) is 0 Å². The molecule has 1 aliphatic rings. The number of ether oxygens (including phenoxy) is 1. The summed E-state index contributed by atoms with van der Waals surface area (Å²) < 4.78 is 5.64. The van der Waals surface area contributed by atoms with E-state index >= 15 is 0 Å². The van der Waals surface area contributed by atoms with Crippen LogP contribution in [0.3, 0.4) is 0 Å². The van der Waals surface area contributed by atoms with Crippen LogP contribution in [0.4, 0.5) is 0 Å². The van der Waals surface area contributed by atoms with E-state index in [9.17, 15) is 4.79 Å². The standard InChI is InChI=1S/C20H25ClN2O2S/c1-4-7-25-16-6-5-13(8-15(16)21)14-9-17(26-12-14)20(2)10-18(22)23(3)19(24)11-20/h5-6,8-9,12,18H,4,7,10-11,22H2,1-3H3/t18?,20-/m0/s1. The molecule has 26 heavy (non-hydrogen) atoms. The minimum atomic E-state index is -0.240. The number of piperidine rings is 1. The second-order valence-electron chi connectivity index (χ2n) is 7.21. The van der Waals surface area contributed by atoms with E-state index in [2.05, 4.69) is 25.3 Å². The third-order valence-corrected chi connectivity index (χ3v) is 6.54. The summed E-state index contributed by atoms with van der Waals surface area (Å²) in [4.78, 5) is 15.1. The SMILES string of the molecule is CCCOc1ccc(-c2csc([C@]3(C)CC(=O)N(C)C(N)C3)c2)cc1Cl. The van der Waals surface area contributed by atoms with Gasteiger partial charge < -0.3 is 15.4 Å². The molecule has 2 aromatic rings. The number of hydrogen-bond acceptors (Lipinski definition) is 4. The number of thiophene rings is 1. The van der Waals surface area contributed by atoms with Crippen molar-refractivity contribution >= 4 is 28.8 Å². The number of amides is 1. The van der Waals surface area contributed by atoms with Gasteiger partial charge in [0, 0.05) is 23.8 Å². The van der Waals surface area contributed by atoms with Crippen molar-refractivity contribution < 1.29 is 9.53 Å². The first-order valence-corrected chi connectivity index (χ1v) is 10.1. The monoisotopic (exact) mass is 392 g/mol. The topological polar surface area (TPSA) is 55.6 Å². The Morgan fingerprint density at radius 1 is 1.38 bits per heavy atom. The fraction of sp³-hybridized carbons (Fsp3) is 0.450. The van der Waals surface area contributed by atoms with Gasteiger partial charge in [-0.25, -0.2) is 0 Å². The van der Waals surface area contributed by atoms with E-state index in [0.717, 1.165) is 24.0 Å². The normalized spacial score (nSPS) is 23.3. The molecular weight excluding hydrogens is 368 g/mol. The zero-order valence-electron chi connectivity index (χ0n) is 15.4. The van der Waals surface area contributed by atoms with Gasteiger partial charge >= 0.3 is 0 Å². The largest absolute Gasteiger partial charge is 0.492 e. The highest BCUT2D eigenvalue weighted by atomic mass is 35.5. The van der Waals surface area contributed by atoms with Gasteiger partial charge in [-0.3, -0.25) is 4.79 Å². The third-order valence-electron chi connectivity index (χ3n) is 5.01. The zero-order valence-corrected chi connectivity index (χ0v) is 17.0. The van der Waals surface area contributed by atoms with Crippen LogP contribution in [0.1, 0.15) is 38.0 Å². The summed E-state index contributed by atoms with van der Waals surface area (Å²) in [5.41, 5.74) is 8.09. The summed E-state index contributed by atoms with van der Waals surface area (Å²) in [5, 5.41) is 2.74. The Balaban J connectivity index is 1.84. The molecule has 140 valence electrons. The molecule has 0 radical (unpaired) electrons. The molecule has 1 amide bonds. The maximum absolute atomic E-state index is 12.3. The Bertz CT molecular complexity index is 807. The highest BCUT2D eigenvalue weighted by Gasteiger charge is 2.40. The van der Waals surface area contributed by atoms with E-state index in [1.165, 1.54) is 4.88 Å². The summed E-state index contributed by atoms with van der Waals surface area (Å²) in [5.74, 6) is 0.813. The Hall–Kier alpha value is -1.56. The predicted molar refractivity (Wildman–Crippen MR) is 108 cm³/mol. The number of hydrogen-bond donors (Lipinski definition) is 1. The molecule has 2 N–H and O–H groups in total. The van der Waals surface area contributed by atoms with Crippen molar-refractivity contribution in [2.24, 2.45) is 5.73 Å². The van der Waals surface area contributed by atoms with Crippen LogP contribution in [-0.4, -0.2) is 30.6 Å². The first kappa shape index (κ1) is 19.2. The lowest BCUT2D eigenvalue weighted by Crippen LogP contribution is -2.53. The smallest absolute Gasteiger partial charge is 0.224 e. The van der Waals surface area contributed by atoms with Gasteiger partial charge in [0.15, 0.2) is 0 Å². The Morgan fingerprint density at radius 3 is 2.81 bits per heavy atom. The van der Waals surface area contributed by atoms with Crippen LogP contribution in [-0.2, 0) is 10.2 Å².